The maximum atomic E-state index is 12.5. The summed E-state index contributed by atoms with van der Waals surface area (Å²) >= 11 is 0. The minimum Gasteiger partial charge on any atom is -0.396 e. The van der Waals surface area contributed by atoms with Gasteiger partial charge in [-0.2, -0.15) is 4.31 Å². The fourth-order valence-electron chi connectivity index (χ4n) is 1.79. The average Bonchev–Trinajstić information content (AvgIpc) is 2.28. The molecule has 0 aromatic heterocycles. The summed E-state index contributed by atoms with van der Waals surface area (Å²) in [6.45, 7) is 5.87. The second-order valence-electron chi connectivity index (χ2n) is 4.60. The molecule has 0 bridgehead atoms. The Morgan fingerprint density at radius 1 is 1.33 bits per heavy atom. The number of benzene rings is 1. The first-order valence-corrected chi connectivity index (χ1v) is 7.53. The van der Waals surface area contributed by atoms with Crippen molar-refractivity contribution in [1.29, 1.82) is 0 Å². The summed E-state index contributed by atoms with van der Waals surface area (Å²) in [4.78, 5) is 0.314. The van der Waals surface area contributed by atoms with Crippen LogP contribution in [0.3, 0.4) is 0 Å². The maximum absolute atomic E-state index is 12.5. The lowest BCUT2D eigenvalue weighted by atomic mass is 10.2. The molecule has 102 valence electrons. The van der Waals surface area contributed by atoms with Crippen LogP contribution >= 0.6 is 0 Å². The van der Waals surface area contributed by atoms with Gasteiger partial charge in [0.25, 0.3) is 0 Å². The van der Waals surface area contributed by atoms with Crippen molar-refractivity contribution >= 4 is 10.0 Å². The third kappa shape index (κ3) is 3.54. The molecule has 4 nitrogen and oxygen atoms in total. The number of aliphatic hydroxyl groups excluding tert-OH is 1. The van der Waals surface area contributed by atoms with Gasteiger partial charge in [-0.05, 0) is 44.9 Å². The van der Waals surface area contributed by atoms with Crippen LogP contribution in [0.2, 0.25) is 0 Å². The van der Waals surface area contributed by atoms with Crippen LogP contribution in [0.4, 0.5) is 0 Å². The number of sulfonamides is 1. The molecule has 18 heavy (non-hydrogen) atoms. The second kappa shape index (κ2) is 6.31. The molecule has 0 amide bonds. The smallest absolute Gasteiger partial charge is 0.243 e. The summed E-state index contributed by atoms with van der Waals surface area (Å²) in [7, 11) is -3.47. The number of hydrogen-bond acceptors (Lipinski definition) is 3. The molecule has 0 saturated carbocycles. The van der Waals surface area contributed by atoms with E-state index in [1.165, 1.54) is 4.31 Å². The van der Waals surface area contributed by atoms with Crippen molar-refractivity contribution in [2.45, 2.75) is 38.1 Å². The van der Waals surface area contributed by atoms with Crippen LogP contribution in [0.5, 0.6) is 0 Å². The predicted molar refractivity (Wildman–Crippen MR) is 71.9 cm³/mol. The van der Waals surface area contributed by atoms with Gasteiger partial charge in [0.15, 0.2) is 0 Å². The third-order valence-corrected chi connectivity index (χ3v) is 4.78. The van der Waals surface area contributed by atoms with Crippen LogP contribution < -0.4 is 0 Å². The van der Waals surface area contributed by atoms with E-state index in [1.807, 2.05) is 26.8 Å². The molecule has 0 spiro atoms. The molecule has 0 heterocycles. The molecule has 0 aliphatic heterocycles. The van der Waals surface area contributed by atoms with E-state index in [-0.39, 0.29) is 12.6 Å². The van der Waals surface area contributed by atoms with Gasteiger partial charge in [-0.3, -0.25) is 0 Å². The Labute approximate surface area is 109 Å². The van der Waals surface area contributed by atoms with E-state index in [1.54, 1.807) is 18.2 Å². The number of hydrogen-bond donors (Lipinski definition) is 1. The summed E-state index contributed by atoms with van der Waals surface area (Å²) in [5.74, 6) is 0. The number of aryl methyl sites for hydroxylation is 1. The van der Waals surface area contributed by atoms with E-state index >= 15 is 0 Å². The van der Waals surface area contributed by atoms with Gasteiger partial charge in [-0.25, -0.2) is 8.42 Å². The molecule has 0 atom stereocenters. The molecular weight excluding hydrogens is 250 g/mol. The summed E-state index contributed by atoms with van der Waals surface area (Å²) in [6, 6.07) is 6.77. The van der Waals surface area contributed by atoms with Crippen LogP contribution in [0.1, 0.15) is 25.8 Å². The molecule has 1 aromatic carbocycles. The Morgan fingerprint density at radius 3 is 2.50 bits per heavy atom. The highest BCUT2D eigenvalue weighted by atomic mass is 32.2. The molecule has 0 fully saturated rings. The highest BCUT2D eigenvalue weighted by molar-refractivity contribution is 7.89. The minimum absolute atomic E-state index is 0.00738. The fraction of sp³-hybridized carbons (Fsp3) is 0.538. The molecule has 1 rings (SSSR count). The largest absolute Gasteiger partial charge is 0.396 e. The van der Waals surface area contributed by atoms with E-state index in [2.05, 4.69) is 0 Å². The van der Waals surface area contributed by atoms with Gasteiger partial charge in [0.2, 0.25) is 10.0 Å². The second-order valence-corrected chi connectivity index (χ2v) is 6.49. The minimum atomic E-state index is -3.47. The molecule has 1 aromatic rings. The first-order chi connectivity index (χ1) is 8.39. The van der Waals surface area contributed by atoms with E-state index in [4.69, 9.17) is 5.11 Å². The summed E-state index contributed by atoms with van der Waals surface area (Å²) in [5, 5.41) is 8.86. The van der Waals surface area contributed by atoms with Crippen molar-refractivity contribution in [2.75, 3.05) is 13.2 Å². The van der Waals surface area contributed by atoms with Crippen LogP contribution in [0, 0.1) is 6.92 Å². The standard InChI is InChI=1S/C13H21NO3S/c1-11(2)14(8-5-9-15)18(16,17)13-7-4-6-12(3)10-13/h4,6-7,10-11,15H,5,8-9H2,1-3H3. The Bertz CT molecular complexity index is 483. The van der Waals surface area contributed by atoms with Crippen molar-refractivity contribution in [3.63, 3.8) is 0 Å². The van der Waals surface area contributed by atoms with E-state index < -0.39 is 10.0 Å². The lowest BCUT2D eigenvalue weighted by molar-refractivity contribution is 0.258. The zero-order valence-corrected chi connectivity index (χ0v) is 11.9. The normalized spacial score (nSPS) is 12.3. The lowest BCUT2D eigenvalue weighted by Gasteiger charge is -2.25. The fourth-order valence-corrected chi connectivity index (χ4v) is 3.57. The van der Waals surface area contributed by atoms with Crippen molar-refractivity contribution in [1.82, 2.24) is 4.31 Å². The molecule has 0 aliphatic carbocycles. The van der Waals surface area contributed by atoms with Gasteiger partial charge in [0.1, 0.15) is 0 Å². The van der Waals surface area contributed by atoms with E-state index in [9.17, 15) is 8.42 Å². The first-order valence-electron chi connectivity index (χ1n) is 6.09. The molecule has 0 radical (unpaired) electrons. The van der Waals surface area contributed by atoms with Crippen molar-refractivity contribution in [3.8, 4) is 0 Å². The zero-order valence-electron chi connectivity index (χ0n) is 11.1. The SMILES string of the molecule is Cc1cccc(S(=O)(=O)N(CCCO)C(C)C)c1. The zero-order chi connectivity index (χ0) is 13.8. The number of aliphatic hydroxyl groups is 1. The van der Waals surface area contributed by atoms with E-state index in [0.717, 1.165) is 5.56 Å². The van der Waals surface area contributed by atoms with Crippen molar-refractivity contribution in [2.24, 2.45) is 0 Å². The van der Waals surface area contributed by atoms with Crippen molar-refractivity contribution in [3.05, 3.63) is 29.8 Å². The van der Waals surface area contributed by atoms with Crippen LogP contribution in [0.25, 0.3) is 0 Å². The van der Waals surface area contributed by atoms with Gasteiger partial charge in [0, 0.05) is 19.2 Å². The van der Waals surface area contributed by atoms with Crippen molar-refractivity contribution < 1.29 is 13.5 Å². The number of rotatable bonds is 6. The third-order valence-electron chi connectivity index (χ3n) is 2.71. The predicted octanol–water partition coefficient (Wildman–Crippen LogP) is 1.78. The molecule has 0 saturated heterocycles. The monoisotopic (exact) mass is 271 g/mol. The molecule has 0 aliphatic rings. The highest BCUT2D eigenvalue weighted by Gasteiger charge is 2.26. The van der Waals surface area contributed by atoms with Crippen LogP contribution in [-0.4, -0.2) is 37.0 Å². The molecular formula is C13H21NO3S. The Balaban J connectivity index is 3.09. The van der Waals surface area contributed by atoms with Gasteiger partial charge < -0.3 is 5.11 Å². The summed E-state index contributed by atoms with van der Waals surface area (Å²) in [6.07, 6.45) is 0.448. The first kappa shape index (κ1) is 15.1. The molecule has 1 N–H and O–H groups in total. The van der Waals surface area contributed by atoms with Crippen LogP contribution in [-0.2, 0) is 10.0 Å². The number of nitrogens with zero attached hydrogens (tertiary/aromatic N) is 1. The summed E-state index contributed by atoms with van der Waals surface area (Å²) in [5.41, 5.74) is 0.918. The van der Waals surface area contributed by atoms with Gasteiger partial charge >= 0.3 is 0 Å². The molecule has 0 unspecified atom stereocenters. The highest BCUT2D eigenvalue weighted by Crippen LogP contribution is 2.19. The van der Waals surface area contributed by atoms with E-state index in [0.29, 0.717) is 17.9 Å². The van der Waals surface area contributed by atoms with Gasteiger partial charge in [0.05, 0.1) is 4.90 Å². The molecule has 5 heteroatoms. The van der Waals surface area contributed by atoms with Gasteiger partial charge in [-0.1, -0.05) is 12.1 Å². The topological polar surface area (TPSA) is 57.6 Å². The maximum Gasteiger partial charge on any atom is 0.243 e. The van der Waals surface area contributed by atoms with Gasteiger partial charge in [-0.15, -0.1) is 0 Å². The average molecular weight is 271 g/mol. The van der Waals surface area contributed by atoms with Crippen LogP contribution in [0.15, 0.2) is 29.2 Å². The summed E-state index contributed by atoms with van der Waals surface area (Å²) < 4.78 is 26.4. The Morgan fingerprint density at radius 2 is 2.00 bits per heavy atom. The lowest BCUT2D eigenvalue weighted by Crippen LogP contribution is -2.38. The quantitative estimate of drug-likeness (QED) is 0.858. The Kier molecular flexibility index (Phi) is 5.31. The Hall–Kier alpha value is -0.910.